The number of carbonyl (C=O) groups is 1. The van der Waals surface area contributed by atoms with Crippen LogP contribution in [0.15, 0.2) is 36.3 Å². The number of carbonyl (C=O) groups excluding carboxylic acids is 1. The molecule has 1 unspecified atom stereocenters. The van der Waals surface area contributed by atoms with Gasteiger partial charge in [-0.2, -0.15) is 0 Å². The Hall–Kier alpha value is -2.93. The lowest BCUT2D eigenvalue weighted by molar-refractivity contribution is -0.384. The fourth-order valence-corrected chi connectivity index (χ4v) is 3.72. The van der Waals surface area contributed by atoms with Gasteiger partial charge in [-0.3, -0.25) is 14.9 Å². The van der Waals surface area contributed by atoms with Crippen LogP contribution in [-0.4, -0.2) is 73.8 Å². The van der Waals surface area contributed by atoms with Gasteiger partial charge in [0, 0.05) is 24.8 Å². The van der Waals surface area contributed by atoms with Gasteiger partial charge in [-0.15, -0.1) is 0 Å². The Labute approximate surface area is 172 Å². The molecule has 2 aliphatic rings. The van der Waals surface area contributed by atoms with Crippen molar-refractivity contribution in [2.24, 2.45) is 11.5 Å². The molecule has 0 aromatic heterocycles. The zero-order chi connectivity index (χ0) is 22.0. The standard InChI is InChI=1S/C18H25N5O7/c19-14-7-21(9-22(14)18-17(27)16(26)13(8-24)30-18)12(5-6-15(20)25)10-1-3-11(4-2-10)23(28)29/h1-4,7,12-13,16-18,24,26-27H,5-6,8-9,19H2,(H2,20,25)/t12?,13-,16-,17-,18-/m1/s1. The van der Waals surface area contributed by atoms with E-state index in [9.17, 15) is 30.2 Å². The predicted molar refractivity (Wildman–Crippen MR) is 103 cm³/mol. The van der Waals surface area contributed by atoms with Gasteiger partial charge in [-0.25, -0.2) is 0 Å². The lowest BCUT2D eigenvalue weighted by Crippen LogP contribution is -2.45. The summed E-state index contributed by atoms with van der Waals surface area (Å²) in [6.45, 7) is -0.293. The van der Waals surface area contributed by atoms with Crippen LogP contribution >= 0.6 is 0 Å². The Balaban J connectivity index is 1.81. The third-order valence-electron chi connectivity index (χ3n) is 5.32. The van der Waals surface area contributed by atoms with Crippen LogP contribution in [0.2, 0.25) is 0 Å². The van der Waals surface area contributed by atoms with Gasteiger partial charge in [0.25, 0.3) is 5.69 Å². The van der Waals surface area contributed by atoms with E-state index in [-0.39, 0.29) is 30.6 Å². The first-order valence-corrected chi connectivity index (χ1v) is 9.37. The Bertz CT molecular complexity index is 818. The summed E-state index contributed by atoms with van der Waals surface area (Å²) in [7, 11) is 0. The van der Waals surface area contributed by atoms with Gasteiger partial charge in [0.05, 0.1) is 24.2 Å². The maximum atomic E-state index is 11.3. The summed E-state index contributed by atoms with van der Waals surface area (Å²) in [5, 5.41) is 40.5. The average molecular weight is 423 g/mol. The van der Waals surface area contributed by atoms with Crippen LogP contribution in [0.3, 0.4) is 0 Å². The Kier molecular flexibility index (Phi) is 6.41. The topological polar surface area (TPSA) is 189 Å². The van der Waals surface area contributed by atoms with Gasteiger partial charge in [-0.05, 0) is 12.0 Å². The number of amides is 1. The van der Waals surface area contributed by atoms with Crippen LogP contribution in [0.4, 0.5) is 5.69 Å². The number of nitrogens with two attached hydrogens (primary N) is 2. The van der Waals surface area contributed by atoms with Crippen LogP contribution in [0.25, 0.3) is 0 Å². The largest absolute Gasteiger partial charge is 0.394 e. The number of nitrogens with zero attached hydrogens (tertiary/aromatic N) is 3. The number of aliphatic hydroxyl groups excluding tert-OH is 3. The summed E-state index contributed by atoms with van der Waals surface area (Å²) in [6, 6.07) is 5.57. The van der Waals surface area contributed by atoms with Crippen molar-refractivity contribution < 1.29 is 29.8 Å². The van der Waals surface area contributed by atoms with E-state index in [4.69, 9.17) is 16.2 Å². The fourth-order valence-electron chi connectivity index (χ4n) is 3.72. The van der Waals surface area contributed by atoms with Crippen LogP contribution < -0.4 is 11.5 Å². The molecule has 0 radical (unpaired) electrons. The van der Waals surface area contributed by atoms with Gasteiger partial charge in [0.15, 0.2) is 6.23 Å². The quantitative estimate of drug-likeness (QED) is 0.247. The lowest BCUT2D eigenvalue weighted by Gasteiger charge is -2.33. The molecule has 12 heteroatoms. The molecule has 0 spiro atoms. The van der Waals surface area contributed by atoms with Crippen molar-refractivity contribution >= 4 is 11.6 Å². The van der Waals surface area contributed by atoms with Crippen molar-refractivity contribution in [3.63, 3.8) is 0 Å². The number of ether oxygens (including phenoxy) is 1. The molecule has 1 aromatic carbocycles. The van der Waals surface area contributed by atoms with Gasteiger partial charge in [-0.1, -0.05) is 12.1 Å². The molecule has 3 rings (SSSR count). The van der Waals surface area contributed by atoms with Crippen molar-refractivity contribution in [3.8, 4) is 0 Å². The van der Waals surface area contributed by atoms with E-state index >= 15 is 0 Å². The molecule has 12 nitrogen and oxygen atoms in total. The van der Waals surface area contributed by atoms with Crippen molar-refractivity contribution in [1.82, 2.24) is 9.80 Å². The molecule has 2 aliphatic heterocycles. The second kappa shape index (κ2) is 8.83. The highest BCUT2D eigenvalue weighted by molar-refractivity contribution is 5.73. The normalized spacial score (nSPS) is 27.2. The molecule has 0 bridgehead atoms. The molecule has 1 amide bonds. The molecule has 2 heterocycles. The highest BCUT2D eigenvalue weighted by atomic mass is 16.6. The Morgan fingerprint density at radius 1 is 1.30 bits per heavy atom. The number of primary amides is 1. The van der Waals surface area contributed by atoms with Gasteiger partial charge >= 0.3 is 0 Å². The number of nitro groups is 1. The number of hydrogen-bond donors (Lipinski definition) is 5. The summed E-state index contributed by atoms with van der Waals surface area (Å²) in [6.07, 6.45) is -2.42. The molecule has 164 valence electrons. The number of nitro benzene ring substituents is 1. The molecule has 1 fully saturated rings. The highest BCUT2D eigenvalue weighted by Crippen LogP contribution is 2.34. The second-order valence-corrected chi connectivity index (χ2v) is 7.28. The summed E-state index contributed by atoms with van der Waals surface area (Å²) < 4.78 is 5.54. The summed E-state index contributed by atoms with van der Waals surface area (Å²) in [4.78, 5) is 25.1. The van der Waals surface area contributed by atoms with Crippen molar-refractivity contribution in [1.29, 1.82) is 0 Å². The third kappa shape index (κ3) is 4.31. The van der Waals surface area contributed by atoms with Crippen LogP contribution in [0.1, 0.15) is 24.4 Å². The molecule has 1 aromatic rings. The zero-order valence-corrected chi connectivity index (χ0v) is 16.1. The monoisotopic (exact) mass is 423 g/mol. The Morgan fingerprint density at radius 3 is 2.50 bits per heavy atom. The fraction of sp³-hybridized carbons (Fsp3) is 0.500. The van der Waals surface area contributed by atoms with E-state index in [0.29, 0.717) is 12.0 Å². The van der Waals surface area contributed by atoms with E-state index in [2.05, 4.69) is 0 Å². The molecule has 5 atom stereocenters. The van der Waals surface area contributed by atoms with E-state index in [0.717, 1.165) is 0 Å². The molecule has 7 N–H and O–H groups in total. The molecular weight excluding hydrogens is 398 g/mol. The molecular formula is C18H25N5O7. The lowest BCUT2D eigenvalue weighted by atomic mass is 10.0. The van der Waals surface area contributed by atoms with Gasteiger partial charge in [0.2, 0.25) is 5.91 Å². The molecule has 30 heavy (non-hydrogen) atoms. The minimum absolute atomic E-state index is 0.0583. The van der Waals surface area contributed by atoms with E-state index in [1.807, 2.05) is 0 Å². The maximum absolute atomic E-state index is 11.3. The first-order chi connectivity index (χ1) is 14.2. The first-order valence-electron chi connectivity index (χ1n) is 9.37. The van der Waals surface area contributed by atoms with Crippen LogP contribution in [0.5, 0.6) is 0 Å². The minimum Gasteiger partial charge on any atom is -0.394 e. The third-order valence-corrected chi connectivity index (χ3v) is 5.32. The van der Waals surface area contributed by atoms with Crippen molar-refractivity contribution in [3.05, 3.63) is 52.0 Å². The van der Waals surface area contributed by atoms with E-state index < -0.39 is 42.0 Å². The number of benzene rings is 1. The van der Waals surface area contributed by atoms with Gasteiger partial charge < -0.3 is 41.3 Å². The average Bonchev–Trinajstić information content (AvgIpc) is 3.22. The second-order valence-electron chi connectivity index (χ2n) is 7.28. The summed E-state index contributed by atoms with van der Waals surface area (Å²) in [5.74, 6) is -0.228. The van der Waals surface area contributed by atoms with E-state index in [1.165, 1.54) is 17.0 Å². The highest BCUT2D eigenvalue weighted by Gasteiger charge is 2.47. The number of non-ortho nitro benzene ring substituents is 1. The molecule has 1 saturated heterocycles. The molecule has 0 aliphatic carbocycles. The zero-order valence-electron chi connectivity index (χ0n) is 16.1. The molecule has 0 saturated carbocycles. The number of aliphatic hydroxyl groups is 3. The maximum Gasteiger partial charge on any atom is 0.269 e. The van der Waals surface area contributed by atoms with Crippen LogP contribution in [-0.2, 0) is 9.53 Å². The van der Waals surface area contributed by atoms with Crippen LogP contribution in [0, 0.1) is 10.1 Å². The predicted octanol–water partition coefficient (Wildman–Crippen LogP) is -1.33. The number of rotatable bonds is 8. The first kappa shape index (κ1) is 21.8. The Morgan fingerprint density at radius 2 is 1.97 bits per heavy atom. The smallest absolute Gasteiger partial charge is 0.269 e. The van der Waals surface area contributed by atoms with Gasteiger partial charge in [0.1, 0.15) is 24.1 Å². The summed E-state index contributed by atoms with van der Waals surface area (Å²) >= 11 is 0. The number of hydrogen-bond acceptors (Lipinski definition) is 10. The van der Waals surface area contributed by atoms with Crippen molar-refractivity contribution in [2.45, 2.75) is 43.4 Å². The minimum atomic E-state index is -1.28. The van der Waals surface area contributed by atoms with E-state index in [1.54, 1.807) is 23.2 Å². The summed E-state index contributed by atoms with van der Waals surface area (Å²) in [5.41, 5.74) is 12.1. The van der Waals surface area contributed by atoms with Crippen molar-refractivity contribution in [2.75, 3.05) is 13.3 Å². The SMILES string of the molecule is NC(=O)CCC(c1ccc([N+](=O)[O-])cc1)N1C=C(N)N([C@@H]2O[C@H](CO)[C@@H](O)[C@H]2O)C1.